The number of H-pyrrole nitrogens is 2. The van der Waals surface area contributed by atoms with E-state index >= 15 is 0 Å². The number of nitrogens with two attached hydrogens (primary N) is 1. The van der Waals surface area contributed by atoms with Crippen molar-refractivity contribution in [1.82, 2.24) is 9.97 Å². The minimum atomic E-state index is -0.551. The number of hydrogen-bond acceptors (Lipinski definition) is 4. The Morgan fingerprint density at radius 3 is 2.86 bits per heavy atom. The van der Waals surface area contributed by atoms with E-state index in [2.05, 4.69) is 9.97 Å². The third-order valence-corrected chi connectivity index (χ3v) is 3.01. The van der Waals surface area contributed by atoms with E-state index in [0.29, 0.717) is 15.1 Å². The zero-order chi connectivity index (χ0) is 10.3. The smallest absolute Gasteiger partial charge is 0.269 e. The fourth-order valence-corrected chi connectivity index (χ4v) is 2.15. The minimum Gasteiger partial charge on any atom is -0.365 e. The minimum absolute atomic E-state index is 0.233. The maximum absolute atomic E-state index is 11.4. The largest absolute Gasteiger partial charge is 0.365 e. The Labute approximate surface area is 86.6 Å². The molecule has 0 aromatic carbocycles. The van der Waals surface area contributed by atoms with Gasteiger partial charge in [0.2, 0.25) is 0 Å². The summed E-state index contributed by atoms with van der Waals surface area (Å²) in [6, 6.07) is 1.52. The van der Waals surface area contributed by atoms with Crippen molar-refractivity contribution >= 4 is 39.7 Å². The number of primary amides is 1. The molecule has 0 radical (unpaired) electrons. The first kappa shape index (κ1) is 9.10. The van der Waals surface area contributed by atoms with Crippen molar-refractivity contribution in [2.24, 2.45) is 5.73 Å². The molecule has 2 heterocycles. The first-order valence-electron chi connectivity index (χ1n) is 3.64. The lowest BCUT2D eigenvalue weighted by Gasteiger charge is -1.86. The topological polar surface area (TPSA) is 91.7 Å². The molecule has 0 unspecified atom stereocenters. The molecule has 0 atom stereocenters. The number of aromatic nitrogens is 2. The second-order valence-corrected chi connectivity index (χ2v) is 4.09. The van der Waals surface area contributed by atoms with Gasteiger partial charge < -0.3 is 10.7 Å². The van der Waals surface area contributed by atoms with Crippen LogP contribution in [0.1, 0.15) is 9.67 Å². The number of carbonyl (C=O) groups excluding carboxylic acids is 1. The summed E-state index contributed by atoms with van der Waals surface area (Å²) in [4.78, 5) is 27.7. The van der Waals surface area contributed by atoms with Crippen LogP contribution in [0.5, 0.6) is 0 Å². The molecule has 0 aliphatic heterocycles. The highest BCUT2D eigenvalue weighted by Crippen LogP contribution is 2.19. The van der Waals surface area contributed by atoms with E-state index in [-0.39, 0.29) is 10.3 Å². The van der Waals surface area contributed by atoms with E-state index in [0.717, 1.165) is 11.3 Å². The second-order valence-electron chi connectivity index (χ2n) is 2.63. The summed E-state index contributed by atoms with van der Waals surface area (Å²) in [6.07, 6.45) is 0. The Kier molecular flexibility index (Phi) is 1.97. The Bertz CT molecular complexity index is 622. The van der Waals surface area contributed by atoms with Crippen molar-refractivity contribution < 1.29 is 4.79 Å². The van der Waals surface area contributed by atoms with Crippen LogP contribution in [-0.2, 0) is 0 Å². The van der Waals surface area contributed by atoms with Crippen molar-refractivity contribution in [3.05, 3.63) is 26.1 Å². The molecule has 0 fully saturated rings. The van der Waals surface area contributed by atoms with Crippen molar-refractivity contribution in [3.8, 4) is 0 Å². The molecule has 2 rings (SSSR count). The van der Waals surface area contributed by atoms with Gasteiger partial charge in [-0.05, 0) is 18.3 Å². The summed E-state index contributed by atoms with van der Waals surface area (Å²) in [5.41, 5.74) is 5.32. The Morgan fingerprint density at radius 1 is 1.50 bits per heavy atom. The molecule has 0 aliphatic carbocycles. The number of carbonyl (C=O) groups is 1. The molecule has 1 amide bonds. The van der Waals surface area contributed by atoms with Gasteiger partial charge in [-0.3, -0.25) is 14.6 Å². The molecule has 0 saturated carbocycles. The van der Waals surface area contributed by atoms with Gasteiger partial charge in [-0.2, -0.15) is 0 Å². The molecule has 2 aromatic heterocycles. The highest BCUT2D eigenvalue weighted by Gasteiger charge is 2.09. The van der Waals surface area contributed by atoms with Crippen molar-refractivity contribution in [2.75, 3.05) is 0 Å². The molecule has 0 spiro atoms. The maximum Gasteiger partial charge on any atom is 0.269 e. The lowest BCUT2D eigenvalue weighted by atomic mass is 10.4. The lowest BCUT2D eigenvalue weighted by molar-refractivity contribution is 0.100. The fourth-order valence-electron chi connectivity index (χ4n) is 1.09. The Balaban J connectivity index is 2.90. The van der Waals surface area contributed by atoms with Gasteiger partial charge in [-0.1, -0.05) is 0 Å². The van der Waals surface area contributed by atoms with Crippen LogP contribution >= 0.6 is 23.6 Å². The maximum atomic E-state index is 11.4. The number of hydrogen-bond donors (Lipinski definition) is 3. The molecule has 5 nitrogen and oxygen atoms in total. The molecule has 0 bridgehead atoms. The summed E-state index contributed by atoms with van der Waals surface area (Å²) in [7, 11) is 0. The van der Waals surface area contributed by atoms with E-state index in [1.54, 1.807) is 0 Å². The van der Waals surface area contributed by atoms with Gasteiger partial charge in [0.1, 0.15) is 4.70 Å². The first-order valence-corrected chi connectivity index (χ1v) is 4.86. The molecule has 0 saturated heterocycles. The van der Waals surface area contributed by atoms with Crippen molar-refractivity contribution in [3.63, 3.8) is 0 Å². The second kappa shape index (κ2) is 3.03. The van der Waals surface area contributed by atoms with E-state index in [1.807, 2.05) is 0 Å². The summed E-state index contributed by atoms with van der Waals surface area (Å²) in [5.74, 6) is -0.551. The standard InChI is InChI=1S/C7H5N3O2S2/c8-5(11)3-1-2-4(14-3)6(12)10-7(13)9-2/h1H,(H2,8,11)(H2,9,10,12,13). The van der Waals surface area contributed by atoms with Gasteiger partial charge in [0.25, 0.3) is 11.5 Å². The number of thiophene rings is 1. The molecular weight excluding hydrogens is 222 g/mol. The number of aromatic amines is 2. The fraction of sp³-hybridized carbons (Fsp3) is 0. The summed E-state index contributed by atoms with van der Waals surface area (Å²) in [5, 5.41) is 0. The molecule has 7 heteroatoms. The molecule has 2 aromatic rings. The Hall–Kier alpha value is -1.47. The normalized spacial score (nSPS) is 10.6. The van der Waals surface area contributed by atoms with Crippen LogP contribution in [0.2, 0.25) is 0 Å². The summed E-state index contributed by atoms with van der Waals surface area (Å²) in [6.45, 7) is 0. The van der Waals surface area contributed by atoms with Crippen molar-refractivity contribution in [2.45, 2.75) is 0 Å². The highest BCUT2D eigenvalue weighted by atomic mass is 32.1. The van der Waals surface area contributed by atoms with Gasteiger partial charge in [-0.15, -0.1) is 11.3 Å². The first-order chi connectivity index (χ1) is 6.58. The third kappa shape index (κ3) is 1.36. The summed E-state index contributed by atoms with van der Waals surface area (Å²) >= 11 is 5.82. The molecule has 0 aliphatic rings. The van der Waals surface area contributed by atoms with E-state index in [4.69, 9.17) is 18.0 Å². The number of fused-ring (bicyclic) bond motifs is 1. The van der Waals surface area contributed by atoms with Gasteiger partial charge in [0, 0.05) is 0 Å². The van der Waals surface area contributed by atoms with Crippen LogP contribution < -0.4 is 11.3 Å². The molecule has 14 heavy (non-hydrogen) atoms. The monoisotopic (exact) mass is 227 g/mol. The number of nitrogens with one attached hydrogen (secondary N) is 2. The van der Waals surface area contributed by atoms with E-state index < -0.39 is 5.91 Å². The Morgan fingerprint density at radius 2 is 2.21 bits per heavy atom. The van der Waals surface area contributed by atoms with E-state index in [1.165, 1.54) is 6.07 Å². The summed E-state index contributed by atoms with van der Waals surface area (Å²) < 4.78 is 0.656. The average Bonchev–Trinajstić information content (AvgIpc) is 2.47. The van der Waals surface area contributed by atoms with Gasteiger partial charge in [0.05, 0.1) is 10.4 Å². The van der Waals surface area contributed by atoms with Crippen LogP contribution in [0.25, 0.3) is 10.2 Å². The van der Waals surface area contributed by atoms with Gasteiger partial charge >= 0.3 is 0 Å². The quantitative estimate of drug-likeness (QED) is 0.627. The van der Waals surface area contributed by atoms with Crippen LogP contribution in [0.3, 0.4) is 0 Å². The zero-order valence-electron chi connectivity index (χ0n) is 6.79. The van der Waals surface area contributed by atoms with Crippen LogP contribution in [0.15, 0.2) is 10.9 Å². The van der Waals surface area contributed by atoms with Gasteiger partial charge in [-0.25, -0.2) is 0 Å². The highest BCUT2D eigenvalue weighted by molar-refractivity contribution is 7.71. The number of rotatable bonds is 1. The van der Waals surface area contributed by atoms with Crippen LogP contribution in [0.4, 0.5) is 0 Å². The zero-order valence-corrected chi connectivity index (χ0v) is 8.42. The van der Waals surface area contributed by atoms with Crippen molar-refractivity contribution in [1.29, 1.82) is 0 Å². The SMILES string of the molecule is NC(=O)c1cc2[nH]c(=S)[nH]c(=O)c2s1. The molecular formula is C7H5N3O2S2. The third-order valence-electron chi connectivity index (χ3n) is 1.66. The molecule has 72 valence electrons. The average molecular weight is 227 g/mol. The van der Waals surface area contributed by atoms with E-state index in [9.17, 15) is 9.59 Å². The van der Waals surface area contributed by atoms with Crippen LogP contribution in [-0.4, -0.2) is 15.9 Å². The molecule has 4 N–H and O–H groups in total. The predicted molar refractivity (Wildman–Crippen MR) is 56.1 cm³/mol. The van der Waals surface area contributed by atoms with Gasteiger partial charge in [0.15, 0.2) is 4.77 Å². The van der Waals surface area contributed by atoms with Crippen LogP contribution in [0, 0.1) is 4.77 Å². The number of amides is 1. The predicted octanol–water partition coefficient (Wildman–Crippen LogP) is 0.746. The lowest BCUT2D eigenvalue weighted by Crippen LogP contribution is -2.08.